The predicted octanol–water partition coefficient (Wildman–Crippen LogP) is 5.43. The van der Waals surface area contributed by atoms with Crippen molar-refractivity contribution in [3.63, 3.8) is 0 Å². The molecule has 0 unspecified atom stereocenters. The molecule has 2 aromatic carbocycles. The summed E-state index contributed by atoms with van der Waals surface area (Å²) in [6, 6.07) is 9.15. The molecule has 0 saturated carbocycles. The highest BCUT2D eigenvalue weighted by Gasteiger charge is 2.32. The Balaban J connectivity index is 1.80. The van der Waals surface area contributed by atoms with E-state index in [0.717, 1.165) is 6.07 Å². The largest absolute Gasteiger partial charge is 0.416 e. The van der Waals surface area contributed by atoms with Crippen LogP contribution in [0, 0.1) is 12.7 Å². The molecule has 0 bridgehead atoms. The number of carbonyl (C=O) groups is 1. The molecule has 1 N–H and O–H groups in total. The number of halogens is 5. The molecule has 3 rings (SSSR count). The van der Waals surface area contributed by atoms with Gasteiger partial charge in [-0.05, 0) is 37.1 Å². The lowest BCUT2D eigenvalue weighted by atomic mass is 10.0. The molecule has 0 aliphatic carbocycles. The molecule has 0 aliphatic rings. The molecule has 0 aliphatic heterocycles. The predicted molar refractivity (Wildman–Crippen MR) is 99.1 cm³/mol. The number of alkyl halides is 3. The summed E-state index contributed by atoms with van der Waals surface area (Å²) >= 11 is 6.03. The molecule has 0 radical (unpaired) electrons. The van der Waals surface area contributed by atoms with Gasteiger partial charge in [0.05, 0.1) is 16.1 Å². The van der Waals surface area contributed by atoms with Crippen molar-refractivity contribution in [2.75, 3.05) is 6.54 Å². The van der Waals surface area contributed by atoms with Crippen LogP contribution >= 0.6 is 11.6 Å². The van der Waals surface area contributed by atoms with Crippen LogP contribution in [-0.2, 0) is 12.6 Å². The van der Waals surface area contributed by atoms with Crippen LogP contribution in [0.2, 0.25) is 5.02 Å². The van der Waals surface area contributed by atoms with Crippen LogP contribution in [0.4, 0.5) is 17.6 Å². The van der Waals surface area contributed by atoms with Gasteiger partial charge in [-0.1, -0.05) is 41.0 Å². The molecule has 9 heteroatoms. The van der Waals surface area contributed by atoms with Gasteiger partial charge in [-0.25, -0.2) is 4.39 Å². The third kappa shape index (κ3) is 4.42. The summed E-state index contributed by atoms with van der Waals surface area (Å²) < 4.78 is 58.5. The third-order valence-corrected chi connectivity index (χ3v) is 4.61. The van der Waals surface area contributed by atoms with E-state index in [2.05, 4.69) is 10.5 Å². The third-order valence-electron chi connectivity index (χ3n) is 4.29. The molecule has 4 nitrogen and oxygen atoms in total. The van der Waals surface area contributed by atoms with Gasteiger partial charge in [-0.2, -0.15) is 13.2 Å². The fourth-order valence-electron chi connectivity index (χ4n) is 2.95. The van der Waals surface area contributed by atoms with E-state index in [9.17, 15) is 22.4 Å². The maximum absolute atomic E-state index is 14.2. The topological polar surface area (TPSA) is 55.1 Å². The highest BCUT2D eigenvalue weighted by Crippen LogP contribution is 2.34. The minimum absolute atomic E-state index is 0.0268. The standard InChI is InChI=1S/C20H15ClF4N2O2/c1-11-16(18(27-29-11)17-14(21)7-4-8-15(17)22)19(28)26-10-9-12-5-2-3-6-13(12)20(23,24)25/h2-8H,9-10H2,1H3,(H,26,28). The van der Waals surface area contributed by atoms with Crippen LogP contribution in [0.3, 0.4) is 0 Å². The van der Waals surface area contributed by atoms with E-state index in [0.29, 0.717) is 0 Å². The van der Waals surface area contributed by atoms with Gasteiger partial charge in [-0.15, -0.1) is 0 Å². The first-order valence-electron chi connectivity index (χ1n) is 8.54. The van der Waals surface area contributed by atoms with Gasteiger partial charge in [0.1, 0.15) is 22.8 Å². The number of aromatic nitrogens is 1. The lowest BCUT2D eigenvalue weighted by molar-refractivity contribution is -0.138. The van der Waals surface area contributed by atoms with E-state index in [1.807, 2.05) is 0 Å². The minimum Gasteiger partial charge on any atom is -0.360 e. The van der Waals surface area contributed by atoms with Gasteiger partial charge >= 0.3 is 6.18 Å². The average Bonchev–Trinajstić information content (AvgIpc) is 3.02. The van der Waals surface area contributed by atoms with Gasteiger partial charge < -0.3 is 9.84 Å². The number of nitrogens with one attached hydrogen (secondary N) is 1. The normalized spacial score (nSPS) is 11.5. The second-order valence-electron chi connectivity index (χ2n) is 6.22. The molecule has 152 valence electrons. The molecule has 0 atom stereocenters. The van der Waals surface area contributed by atoms with Gasteiger partial charge in [-0.3, -0.25) is 4.79 Å². The molecule has 0 fully saturated rings. The Morgan fingerprint density at radius 3 is 2.59 bits per heavy atom. The molecule has 29 heavy (non-hydrogen) atoms. The Morgan fingerprint density at radius 1 is 1.17 bits per heavy atom. The lowest BCUT2D eigenvalue weighted by Gasteiger charge is -2.13. The van der Waals surface area contributed by atoms with Gasteiger partial charge in [0.2, 0.25) is 0 Å². The van der Waals surface area contributed by atoms with Gasteiger partial charge in [0.25, 0.3) is 5.91 Å². The van der Waals surface area contributed by atoms with Crippen molar-refractivity contribution in [2.45, 2.75) is 19.5 Å². The summed E-state index contributed by atoms with van der Waals surface area (Å²) in [5.41, 5.74) is -0.882. The number of amides is 1. The van der Waals surface area contributed by atoms with E-state index in [1.54, 1.807) is 0 Å². The quantitative estimate of drug-likeness (QED) is 0.553. The van der Waals surface area contributed by atoms with E-state index >= 15 is 0 Å². The number of benzene rings is 2. The SMILES string of the molecule is Cc1onc(-c2c(F)cccc2Cl)c1C(=O)NCCc1ccccc1C(F)(F)F. The van der Waals surface area contributed by atoms with Crippen molar-refractivity contribution in [3.05, 3.63) is 75.8 Å². The second kappa shape index (κ2) is 8.24. The monoisotopic (exact) mass is 426 g/mol. The van der Waals surface area contributed by atoms with Crippen molar-refractivity contribution in [1.29, 1.82) is 0 Å². The molecule has 0 saturated heterocycles. The zero-order chi connectivity index (χ0) is 21.2. The zero-order valence-electron chi connectivity index (χ0n) is 15.1. The van der Waals surface area contributed by atoms with Crippen LogP contribution in [0.15, 0.2) is 47.0 Å². The number of nitrogens with zero attached hydrogens (tertiary/aromatic N) is 1. The lowest BCUT2D eigenvalue weighted by Crippen LogP contribution is -2.27. The van der Waals surface area contributed by atoms with Crippen LogP contribution in [0.5, 0.6) is 0 Å². The fourth-order valence-corrected chi connectivity index (χ4v) is 3.20. The molecule has 1 aromatic heterocycles. The smallest absolute Gasteiger partial charge is 0.360 e. The Hall–Kier alpha value is -2.87. The number of carbonyl (C=O) groups excluding carboxylic acids is 1. The molecule has 0 spiro atoms. The summed E-state index contributed by atoms with van der Waals surface area (Å²) in [5, 5.41) is 6.31. The minimum atomic E-state index is -4.49. The van der Waals surface area contributed by atoms with Crippen molar-refractivity contribution in [1.82, 2.24) is 10.5 Å². The van der Waals surface area contributed by atoms with Crippen molar-refractivity contribution < 1.29 is 26.9 Å². The summed E-state index contributed by atoms with van der Waals surface area (Å²) in [6.07, 6.45) is -4.53. The Bertz CT molecular complexity index is 1030. The Morgan fingerprint density at radius 2 is 1.90 bits per heavy atom. The number of hydrogen-bond acceptors (Lipinski definition) is 3. The van der Waals surface area contributed by atoms with Crippen LogP contribution in [0.25, 0.3) is 11.3 Å². The van der Waals surface area contributed by atoms with Gasteiger partial charge in [0, 0.05) is 6.54 Å². The number of rotatable bonds is 5. The highest BCUT2D eigenvalue weighted by atomic mass is 35.5. The number of hydrogen-bond donors (Lipinski definition) is 1. The molecular formula is C20H15ClF4N2O2. The summed E-state index contributed by atoms with van der Waals surface area (Å²) in [4.78, 5) is 12.6. The zero-order valence-corrected chi connectivity index (χ0v) is 15.9. The molecule has 1 heterocycles. The maximum atomic E-state index is 14.2. The van der Waals surface area contributed by atoms with Crippen molar-refractivity contribution >= 4 is 17.5 Å². The summed E-state index contributed by atoms with van der Waals surface area (Å²) in [7, 11) is 0. The molecular weight excluding hydrogens is 412 g/mol. The first kappa shape index (κ1) is 20.9. The average molecular weight is 427 g/mol. The van der Waals surface area contributed by atoms with Crippen LogP contribution < -0.4 is 5.32 Å². The molecule has 3 aromatic rings. The van der Waals surface area contributed by atoms with E-state index in [4.69, 9.17) is 16.1 Å². The van der Waals surface area contributed by atoms with Crippen LogP contribution in [0.1, 0.15) is 27.2 Å². The highest BCUT2D eigenvalue weighted by molar-refractivity contribution is 6.33. The van der Waals surface area contributed by atoms with Crippen molar-refractivity contribution in [3.8, 4) is 11.3 Å². The van der Waals surface area contributed by atoms with E-state index < -0.39 is 23.5 Å². The van der Waals surface area contributed by atoms with Gasteiger partial charge in [0.15, 0.2) is 0 Å². The molecule has 1 amide bonds. The van der Waals surface area contributed by atoms with Crippen molar-refractivity contribution in [2.24, 2.45) is 0 Å². The maximum Gasteiger partial charge on any atom is 0.416 e. The summed E-state index contributed by atoms with van der Waals surface area (Å²) in [5.74, 6) is -1.20. The first-order valence-corrected chi connectivity index (χ1v) is 8.92. The summed E-state index contributed by atoms with van der Waals surface area (Å²) in [6.45, 7) is 1.40. The Kier molecular flexibility index (Phi) is 5.93. The Labute approximate surface area is 168 Å². The first-order chi connectivity index (χ1) is 13.7. The van der Waals surface area contributed by atoms with Crippen LogP contribution in [-0.4, -0.2) is 17.6 Å². The van der Waals surface area contributed by atoms with E-state index in [1.165, 1.54) is 43.3 Å². The second-order valence-corrected chi connectivity index (χ2v) is 6.63. The van der Waals surface area contributed by atoms with E-state index in [-0.39, 0.29) is 46.1 Å². The fraction of sp³-hybridized carbons (Fsp3) is 0.200. The number of aryl methyl sites for hydroxylation is 1.